The zero-order valence-corrected chi connectivity index (χ0v) is 14.3. The average molecular weight is 353 g/mol. The molecule has 1 aromatic heterocycles. The maximum atomic E-state index is 12.1. The van der Waals surface area contributed by atoms with E-state index in [1.54, 1.807) is 43.4 Å². The molecule has 2 aromatic carbocycles. The van der Waals surface area contributed by atoms with Crippen LogP contribution in [0, 0.1) is 0 Å². The van der Waals surface area contributed by atoms with E-state index in [1.807, 2.05) is 12.1 Å². The Labute approximate surface area is 149 Å². The SMILES string of the molecule is CNC(=O)c1cccc(NC(=O)CCCn2c(=O)oc3ccccc32)c1. The van der Waals surface area contributed by atoms with Gasteiger partial charge < -0.3 is 15.1 Å². The van der Waals surface area contributed by atoms with Crippen LogP contribution < -0.4 is 16.4 Å². The van der Waals surface area contributed by atoms with Crippen LogP contribution in [0.15, 0.2) is 57.7 Å². The second-order valence-electron chi connectivity index (χ2n) is 5.80. The molecule has 3 aromatic rings. The number of amides is 2. The highest BCUT2D eigenvalue weighted by molar-refractivity contribution is 5.97. The molecule has 0 saturated heterocycles. The normalized spacial score (nSPS) is 10.7. The fourth-order valence-electron chi connectivity index (χ4n) is 2.73. The molecule has 3 rings (SSSR count). The summed E-state index contributed by atoms with van der Waals surface area (Å²) in [6.07, 6.45) is 0.737. The lowest BCUT2D eigenvalue weighted by molar-refractivity contribution is -0.116. The third-order valence-corrected chi connectivity index (χ3v) is 3.99. The van der Waals surface area contributed by atoms with Crippen LogP contribution in [0.1, 0.15) is 23.2 Å². The minimum atomic E-state index is -0.426. The van der Waals surface area contributed by atoms with E-state index in [2.05, 4.69) is 10.6 Å². The Hall–Kier alpha value is -3.35. The van der Waals surface area contributed by atoms with Crippen molar-refractivity contribution >= 4 is 28.6 Å². The van der Waals surface area contributed by atoms with Gasteiger partial charge in [-0.2, -0.15) is 0 Å². The van der Waals surface area contributed by atoms with Crippen molar-refractivity contribution in [2.45, 2.75) is 19.4 Å². The van der Waals surface area contributed by atoms with Crippen molar-refractivity contribution in [3.63, 3.8) is 0 Å². The molecule has 0 radical (unpaired) electrons. The van der Waals surface area contributed by atoms with Crippen LogP contribution in [0.4, 0.5) is 5.69 Å². The Morgan fingerprint density at radius 3 is 2.73 bits per heavy atom. The van der Waals surface area contributed by atoms with E-state index in [1.165, 1.54) is 4.57 Å². The highest BCUT2D eigenvalue weighted by Crippen LogP contribution is 2.14. The molecule has 0 aliphatic rings. The molecule has 134 valence electrons. The molecule has 0 unspecified atom stereocenters. The summed E-state index contributed by atoms with van der Waals surface area (Å²) in [5, 5.41) is 5.30. The summed E-state index contributed by atoms with van der Waals surface area (Å²) in [7, 11) is 1.55. The number of oxazole rings is 1. The summed E-state index contributed by atoms with van der Waals surface area (Å²) in [4.78, 5) is 35.6. The second kappa shape index (κ2) is 7.69. The lowest BCUT2D eigenvalue weighted by atomic mass is 10.2. The predicted octanol–water partition coefficient (Wildman–Crippen LogP) is 2.37. The molecule has 0 atom stereocenters. The lowest BCUT2D eigenvalue weighted by Gasteiger charge is -2.07. The number of fused-ring (bicyclic) bond motifs is 1. The molecule has 7 nitrogen and oxygen atoms in total. The molecule has 2 amide bonds. The van der Waals surface area contributed by atoms with Gasteiger partial charge in [0.2, 0.25) is 5.91 Å². The van der Waals surface area contributed by atoms with Crippen LogP contribution >= 0.6 is 0 Å². The van der Waals surface area contributed by atoms with Crippen LogP contribution in [0.3, 0.4) is 0 Å². The smallest absolute Gasteiger partial charge is 0.408 e. The maximum absolute atomic E-state index is 12.1. The summed E-state index contributed by atoms with van der Waals surface area (Å²) in [6.45, 7) is 0.390. The Morgan fingerprint density at radius 1 is 1.12 bits per heavy atom. The monoisotopic (exact) mass is 353 g/mol. The number of benzene rings is 2. The number of nitrogens with one attached hydrogen (secondary N) is 2. The third-order valence-electron chi connectivity index (χ3n) is 3.99. The summed E-state index contributed by atoms with van der Waals surface area (Å²) in [5.74, 6) is -0.822. The van der Waals surface area contributed by atoms with E-state index in [9.17, 15) is 14.4 Å². The van der Waals surface area contributed by atoms with Gasteiger partial charge in [-0.1, -0.05) is 18.2 Å². The minimum Gasteiger partial charge on any atom is -0.408 e. The summed E-state index contributed by atoms with van der Waals surface area (Å²) >= 11 is 0. The number of hydrogen-bond donors (Lipinski definition) is 2. The van der Waals surface area contributed by atoms with E-state index in [4.69, 9.17) is 4.42 Å². The summed E-state index contributed by atoms with van der Waals surface area (Å²) in [6, 6.07) is 13.9. The molecule has 0 spiro atoms. The Morgan fingerprint density at radius 2 is 1.92 bits per heavy atom. The highest BCUT2D eigenvalue weighted by Gasteiger charge is 2.10. The molecule has 0 aliphatic carbocycles. The first kappa shape index (κ1) is 17.5. The maximum Gasteiger partial charge on any atom is 0.419 e. The third kappa shape index (κ3) is 3.83. The van der Waals surface area contributed by atoms with Crippen molar-refractivity contribution in [2.75, 3.05) is 12.4 Å². The zero-order valence-electron chi connectivity index (χ0n) is 14.3. The fraction of sp³-hybridized carbons (Fsp3) is 0.211. The highest BCUT2D eigenvalue weighted by atomic mass is 16.4. The molecule has 7 heteroatoms. The molecular weight excluding hydrogens is 334 g/mol. The van der Waals surface area contributed by atoms with E-state index < -0.39 is 5.76 Å². The van der Waals surface area contributed by atoms with E-state index >= 15 is 0 Å². The number of carbonyl (C=O) groups is 2. The van der Waals surface area contributed by atoms with Crippen molar-refractivity contribution in [1.82, 2.24) is 9.88 Å². The second-order valence-corrected chi connectivity index (χ2v) is 5.80. The van der Waals surface area contributed by atoms with E-state index in [0.717, 1.165) is 5.52 Å². The van der Waals surface area contributed by atoms with Gasteiger partial charge in [-0.25, -0.2) is 4.79 Å². The fourth-order valence-corrected chi connectivity index (χ4v) is 2.73. The minimum absolute atomic E-state index is 0.181. The molecule has 26 heavy (non-hydrogen) atoms. The largest absolute Gasteiger partial charge is 0.419 e. The number of aromatic nitrogens is 1. The molecule has 1 heterocycles. The Kier molecular flexibility index (Phi) is 5.17. The van der Waals surface area contributed by atoms with E-state index in [-0.39, 0.29) is 18.2 Å². The number of hydrogen-bond acceptors (Lipinski definition) is 4. The van der Waals surface area contributed by atoms with Crippen molar-refractivity contribution in [1.29, 1.82) is 0 Å². The lowest BCUT2D eigenvalue weighted by Crippen LogP contribution is -2.19. The van der Waals surface area contributed by atoms with Crippen LogP contribution in [-0.4, -0.2) is 23.4 Å². The quantitative estimate of drug-likeness (QED) is 0.711. The van der Waals surface area contributed by atoms with Gasteiger partial charge in [0.25, 0.3) is 5.91 Å². The van der Waals surface area contributed by atoms with Gasteiger partial charge >= 0.3 is 5.76 Å². The van der Waals surface area contributed by atoms with Gasteiger partial charge in [-0.3, -0.25) is 14.2 Å². The molecule has 2 N–H and O–H groups in total. The van der Waals surface area contributed by atoms with Crippen molar-refractivity contribution < 1.29 is 14.0 Å². The van der Waals surface area contributed by atoms with Crippen molar-refractivity contribution in [3.8, 4) is 0 Å². The summed E-state index contributed by atoms with van der Waals surface area (Å²) in [5.41, 5.74) is 2.29. The Bertz CT molecular complexity index is 1000. The van der Waals surface area contributed by atoms with Gasteiger partial charge in [0, 0.05) is 31.3 Å². The van der Waals surface area contributed by atoms with Crippen molar-refractivity contribution in [3.05, 3.63) is 64.6 Å². The Balaban J connectivity index is 1.58. The zero-order chi connectivity index (χ0) is 18.5. The summed E-state index contributed by atoms with van der Waals surface area (Å²) < 4.78 is 6.69. The van der Waals surface area contributed by atoms with Gasteiger partial charge in [0.15, 0.2) is 5.58 Å². The van der Waals surface area contributed by atoms with E-state index in [0.29, 0.717) is 29.8 Å². The number of carbonyl (C=O) groups excluding carboxylic acids is 2. The number of rotatable bonds is 6. The van der Waals surface area contributed by atoms with Crippen LogP contribution in [0.5, 0.6) is 0 Å². The van der Waals surface area contributed by atoms with Gasteiger partial charge in [-0.15, -0.1) is 0 Å². The predicted molar refractivity (Wildman–Crippen MR) is 98.2 cm³/mol. The van der Waals surface area contributed by atoms with Crippen LogP contribution in [-0.2, 0) is 11.3 Å². The van der Waals surface area contributed by atoms with Gasteiger partial charge in [0.1, 0.15) is 0 Å². The van der Waals surface area contributed by atoms with Crippen LogP contribution in [0.25, 0.3) is 11.1 Å². The first-order valence-electron chi connectivity index (χ1n) is 8.29. The molecule has 0 saturated carbocycles. The number of anilines is 1. The molecule has 0 fully saturated rings. The molecular formula is C19H19N3O4. The molecule has 0 bridgehead atoms. The number of para-hydroxylation sites is 2. The first-order chi connectivity index (χ1) is 12.6. The number of nitrogens with zero attached hydrogens (tertiary/aromatic N) is 1. The number of aryl methyl sites for hydroxylation is 1. The first-order valence-corrected chi connectivity index (χ1v) is 8.29. The van der Waals surface area contributed by atoms with Crippen LogP contribution in [0.2, 0.25) is 0 Å². The average Bonchev–Trinajstić information content (AvgIpc) is 2.97. The van der Waals surface area contributed by atoms with Gasteiger partial charge in [-0.05, 0) is 36.8 Å². The molecule has 0 aliphatic heterocycles. The topological polar surface area (TPSA) is 93.3 Å². The van der Waals surface area contributed by atoms with Crippen molar-refractivity contribution in [2.24, 2.45) is 0 Å². The van der Waals surface area contributed by atoms with Gasteiger partial charge in [0.05, 0.1) is 5.52 Å². The standard InChI is InChI=1S/C19H19N3O4/c1-20-18(24)13-6-4-7-14(12-13)21-17(23)10-5-11-22-15-8-2-3-9-16(15)26-19(22)25/h2-4,6-9,12H,5,10-11H2,1H3,(H,20,24)(H,21,23).